The molecule has 0 aliphatic carbocycles. The van der Waals surface area contributed by atoms with Crippen molar-refractivity contribution in [1.82, 2.24) is 4.90 Å². The lowest BCUT2D eigenvalue weighted by atomic mass is 9.93. The summed E-state index contributed by atoms with van der Waals surface area (Å²) < 4.78 is 24.6. The fraction of sp³-hybridized carbons (Fsp3) is 0.312. The van der Waals surface area contributed by atoms with E-state index in [9.17, 15) is 19.1 Å². The van der Waals surface area contributed by atoms with Gasteiger partial charge in [-0.15, -0.1) is 0 Å². The third kappa shape index (κ3) is 5.98. The highest BCUT2D eigenvalue weighted by molar-refractivity contribution is 6.46. The van der Waals surface area contributed by atoms with E-state index in [0.717, 1.165) is 11.1 Å². The second-order valence-electron chi connectivity index (χ2n) is 10.2. The van der Waals surface area contributed by atoms with Crippen molar-refractivity contribution in [2.75, 3.05) is 13.7 Å². The number of rotatable bonds is 9. The van der Waals surface area contributed by atoms with Crippen LogP contribution >= 0.6 is 0 Å². The molecule has 1 amide bonds. The quantitative estimate of drug-likeness (QED) is 0.196. The molecule has 1 fully saturated rings. The summed E-state index contributed by atoms with van der Waals surface area (Å²) in [5.41, 5.74) is 2.83. The molecule has 0 bridgehead atoms. The van der Waals surface area contributed by atoms with Crippen molar-refractivity contribution in [3.8, 4) is 11.5 Å². The highest BCUT2D eigenvalue weighted by Gasteiger charge is 2.46. The highest BCUT2D eigenvalue weighted by atomic mass is 19.1. The second-order valence-corrected chi connectivity index (χ2v) is 10.2. The van der Waals surface area contributed by atoms with Gasteiger partial charge < -0.3 is 19.5 Å². The SMILES string of the molecule is COc1ccc(/C(O)=C2/C(=O)C(=O)N(CCc3ccc(F)cc3)C2c2ccc(OC(C)C)cc2)cc1C(C)C. The van der Waals surface area contributed by atoms with Crippen molar-refractivity contribution in [2.24, 2.45) is 0 Å². The highest BCUT2D eigenvalue weighted by Crippen LogP contribution is 2.41. The normalized spacial score (nSPS) is 16.8. The number of carbonyl (C=O) groups is 2. The average molecular weight is 532 g/mol. The molecule has 204 valence electrons. The number of methoxy groups -OCH3 is 1. The fourth-order valence-corrected chi connectivity index (χ4v) is 4.85. The van der Waals surface area contributed by atoms with E-state index in [0.29, 0.717) is 29.0 Å². The summed E-state index contributed by atoms with van der Waals surface area (Å²) >= 11 is 0. The Kier molecular flexibility index (Phi) is 8.38. The molecular weight excluding hydrogens is 497 g/mol. The number of carbonyl (C=O) groups excluding carboxylic acids is 2. The van der Waals surface area contributed by atoms with Gasteiger partial charge in [0.2, 0.25) is 0 Å². The van der Waals surface area contributed by atoms with Crippen LogP contribution in [0.4, 0.5) is 4.39 Å². The molecule has 4 rings (SSSR count). The first kappa shape index (κ1) is 27.9. The number of amides is 1. The van der Waals surface area contributed by atoms with E-state index in [1.54, 1.807) is 61.7 Å². The molecule has 1 heterocycles. The van der Waals surface area contributed by atoms with Crippen LogP contribution in [0, 0.1) is 5.82 Å². The Morgan fingerprint density at radius 3 is 2.23 bits per heavy atom. The molecule has 1 saturated heterocycles. The largest absolute Gasteiger partial charge is 0.507 e. The van der Waals surface area contributed by atoms with Gasteiger partial charge in [0.05, 0.1) is 24.8 Å². The molecule has 1 aliphatic heterocycles. The van der Waals surface area contributed by atoms with E-state index in [1.165, 1.54) is 17.0 Å². The molecular formula is C32H34FNO5. The van der Waals surface area contributed by atoms with Gasteiger partial charge in [0, 0.05) is 12.1 Å². The van der Waals surface area contributed by atoms with Crippen molar-refractivity contribution in [3.63, 3.8) is 0 Å². The van der Waals surface area contributed by atoms with E-state index in [1.807, 2.05) is 27.7 Å². The number of hydrogen-bond donors (Lipinski definition) is 1. The number of aliphatic hydroxyl groups excluding tert-OH is 1. The van der Waals surface area contributed by atoms with Crippen LogP contribution in [0.15, 0.2) is 72.3 Å². The van der Waals surface area contributed by atoms with Crippen LogP contribution in [0.2, 0.25) is 0 Å². The Balaban J connectivity index is 1.79. The summed E-state index contributed by atoms with van der Waals surface area (Å²) in [6.45, 7) is 8.09. The number of likely N-dealkylation sites (tertiary alicyclic amines) is 1. The van der Waals surface area contributed by atoms with Crippen LogP contribution < -0.4 is 9.47 Å². The lowest BCUT2D eigenvalue weighted by molar-refractivity contribution is -0.139. The number of nitrogens with zero attached hydrogens (tertiary/aromatic N) is 1. The molecule has 0 radical (unpaired) electrons. The molecule has 1 aliphatic rings. The van der Waals surface area contributed by atoms with Gasteiger partial charge in [0.15, 0.2) is 0 Å². The minimum absolute atomic E-state index is 0.0116. The number of Topliss-reactive ketones (excluding diaryl/α,β-unsaturated/α-hetero) is 1. The molecule has 39 heavy (non-hydrogen) atoms. The molecule has 1 atom stereocenters. The molecule has 0 saturated carbocycles. The van der Waals surface area contributed by atoms with E-state index in [4.69, 9.17) is 9.47 Å². The number of ether oxygens (including phenoxy) is 2. The van der Waals surface area contributed by atoms with Gasteiger partial charge in [-0.2, -0.15) is 0 Å². The Morgan fingerprint density at radius 2 is 1.64 bits per heavy atom. The maximum Gasteiger partial charge on any atom is 0.295 e. The Hall–Kier alpha value is -4.13. The lowest BCUT2D eigenvalue weighted by Crippen LogP contribution is -2.31. The number of benzene rings is 3. The van der Waals surface area contributed by atoms with Crippen LogP contribution in [0.3, 0.4) is 0 Å². The van der Waals surface area contributed by atoms with Crippen molar-refractivity contribution >= 4 is 17.4 Å². The molecule has 1 N–H and O–H groups in total. The molecule has 3 aromatic carbocycles. The smallest absolute Gasteiger partial charge is 0.295 e. The molecule has 1 unspecified atom stereocenters. The first-order chi connectivity index (χ1) is 18.6. The minimum Gasteiger partial charge on any atom is -0.507 e. The van der Waals surface area contributed by atoms with E-state index >= 15 is 0 Å². The van der Waals surface area contributed by atoms with Crippen LogP contribution in [0.25, 0.3) is 5.76 Å². The predicted molar refractivity (Wildman–Crippen MR) is 148 cm³/mol. The van der Waals surface area contributed by atoms with Crippen LogP contribution in [0.5, 0.6) is 11.5 Å². The summed E-state index contributed by atoms with van der Waals surface area (Å²) in [5, 5.41) is 11.5. The van der Waals surface area contributed by atoms with Gasteiger partial charge in [-0.1, -0.05) is 38.1 Å². The topological polar surface area (TPSA) is 76.1 Å². The molecule has 6 nitrogen and oxygen atoms in total. The third-order valence-electron chi connectivity index (χ3n) is 6.79. The van der Waals surface area contributed by atoms with Gasteiger partial charge in [-0.25, -0.2) is 4.39 Å². The van der Waals surface area contributed by atoms with E-state index in [2.05, 4.69) is 0 Å². The summed E-state index contributed by atoms with van der Waals surface area (Å²) in [6.07, 6.45) is 0.403. The van der Waals surface area contributed by atoms with E-state index in [-0.39, 0.29) is 35.7 Å². The zero-order valence-electron chi connectivity index (χ0n) is 22.9. The number of hydrogen-bond acceptors (Lipinski definition) is 5. The predicted octanol–water partition coefficient (Wildman–Crippen LogP) is 6.41. The second kappa shape index (κ2) is 11.7. The summed E-state index contributed by atoms with van der Waals surface area (Å²) in [7, 11) is 1.58. The zero-order chi connectivity index (χ0) is 28.3. The summed E-state index contributed by atoms with van der Waals surface area (Å²) in [5.74, 6) is -0.579. The summed E-state index contributed by atoms with van der Waals surface area (Å²) in [4.78, 5) is 28.2. The number of ketones is 1. The van der Waals surface area contributed by atoms with Crippen LogP contribution in [-0.2, 0) is 16.0 Å². The number of halogens is 1. The van der Waals surface area contributed by atoms with Gasteiger partial charge in [0.25, 0.3) is 11.7 Å². The maximum absolute atomic E-state index is 13.4. The first-order valence-corrected chi connectivity index (χ1v) is 13.1. The third-order valence-corrected chi connectivity index (χ3v) is 6.79. The van der Waals surface area contributed by atoms with Gasteiger partial charge in [-0.3, -0.25) is 9.59 Å². The van der Waals surface area contributed by atoms with Crippen LogP contribution in [-0.4, -0.2) is 41.5 Å². The molecule has 0 aromatic heterocycles. The number of aliphatic hydroxyl groups is 1. The van der Waals surface area contributed by atoms with Crippen molar-refractivity contribution in [2.45, 2.75) is 52.2 Å². The van der Waals surface area contributed by atoms with Gasteiger partial charge >= 0.3 is 0 Å². The molecule has 3 aromatic rings. The Bertz CT molecular complexity index is 1380. The Labute approximate surface area is 228 Å². The van der Waals surface area contributed by atoms with E-state index < -0.39 is 17.7 Å². The standard InChI is InChI=1S/C32H34FNO5/c1-19(2)26-18-23(10-15-27(26)38-5)30(35)28-29(22-8-13-25(14-9-22)39-20(3)4)34(32(37)31(28)36)17-16-21-6-11-24(33)12-7-21/h6-15,18-20,29,35H,16-17H2,1-5H3/b30-28-. The zero-order valence-corrected chi connectivity index (χ0v) is 22.9. The van der Waals surface area contributed by atoms with Gasteiger partial charge in [0.1, 0.15) is 23.1 Å². The molecule has 0 spiro atoms. The van der Waals surface area contributed by atoms with Crippen molar-refractivity contribution in [1.29, 1.82) is 0 Å². The van der Waals surface area contributed by atoms with Crippen LogP contribution in [0.1, 0.15) is 61.9 Å². The minimum atomic E-state index is -0.803. The first-order valence-electron chi connectivity index (χ1n) is 13.1. The van der Waals surface area contributed by atoms with Crippen molar-refractivity contribution < 1.29 is 28.6 Å². The monoisotopic (exact) mass is 531 g/mol. The molecule has 7 heteroatoms. The fourth-order valence-electron chi connectivity index (χ4n) is 4.85. The van der Waals surface area contributed by atoms with Crippen molar-refractivity contribution in [3.05, 3.63) is 100 Å². The maximum atomic E-state index is 13.4. The van der Waals surface area contributed by atoms with Gasteiger partial charge in [-0.05, 0) is 85.3 Å². The summed E-state index contributed by atoms with van der Waals surface area (Å²) in [6, 6.07) is 17.7. The average Bonchev–Trinajstić information content (AvgIpc) is 3.17. The lowest BCUT2D eigenvalue weighted by Gasteiger charge is -2.26. The Morgan fingerprint density at radius 1 is 0.974 bits per heavy atom.